The third-order valence-electron chi connectivity index (χ3n) is 3.58. The molecule has 0 aliphatic rings. The summed E-state index contributed by atoms with van der Waals surface area (Å²) in [5, 5.41) is 13.6. The molecule has 8 heteroatoms. The lowest BCUT2D eigenvalue weighted by Crippen LogP contribution is -2.12. The maximum atomic E-state index is 12.2. The fourth-order valence-corrected chi connectivity index (χ4v) is 2.23. The van der Waals surface area contributed by atoms with Crippen LogP contribution in [-0.2, 0) is 0 Å². The standard InChI is InChI=1S/C18H14N4O4/c1-26-16-7-5-14(6-8-16)21-18(23)13-10-19-17(20-11-13)12-3-2-4-15(9-12)22(24)25/h2-11H,1H3,(H,21,23). The Kier molecular flexibility index (Phi) is 4.84. The molecule has 0 aliphatic carbocycles. The highest BCUT2D eigenvalue weighted by molar-refractivity contribution is 6.03. The number of rotatable bonds is 5. The summed E-state index contributed by atoms with van der Waals surface area (Å²) in [6.45, 7) is 0. The molecule has 1 heterocycles. The topological polar surface area (TPSA) is 107 Å². The Labute approximate surface area is 148 Å². The van der Waals surface area contributed by atoms with E-state index in [9.17, 15) is 14.9 Å². The zero-order valence-corrected chi connectivity index (χ0v) is 13.7. The number of carbonyl (C=O) groups is 1. The van der Waals surface area contributed by atoms with Crippen molar-refractivity contribution in [3.63, 3.8) is 0 Å². The van der Waals surface area contributed by atoms with Crippen LogP contribution in [0.4, 0.5) is 11.4 Å². The van der Waals surface area contributed by atoms with Crippen LogP contribution in [-0.4, -0.2) is 27.9 Å². The Morgan fingerprint density at radius 2 is 1.81 bits per heavy atom. The summed E-state index contributed by atoms with van der Waals surface area (Å²) < 4.78 is 5.06. The Morgan fingerprint density at radius 3 is 2.42 bits per heavy atom. The number of anilines is 1. The molecule has 3 rings (SSSR count). The summed E-state index contributed by atoms with van der Waals surface area (Å²) in [5.41, 5.74) is 1.34. The molecule has 1 aromatic heterocycles. The second-order valence-electron chi connectivity index (χ2n) is 5.29. The van der Waals surface area contributed by atoms with Gasteiger partial charge >= 0.3 is 0 Å². The van der Waals surface area contributed by atoms with Crippen LogP contribution in [0.5, 0.6) is 5.75 Å². The molecule has 0 radical (unpaired) electrons. The van der Waals surface area contributed by atoms with Gasteiger partial charge in [0, 0.05) is 35.8 Å². The smallest absolute Gasteiger partial charge is 0.270 e. The number of nitrogens with zero attached hydrogens (tertiary/aromatic N) is 3. The minimum absolute atomic E-state index is 0.0487. The number of non-ortho nitro benzene ring substituents is 1. The Hall–Kier alpha value is -3.81. The zero-order chi connectivity index (χ0) is 18.5. The summed E-state index contributed by atoms with van der Waals surface area (Å²) in [7, 11) is 1.56. The van der Waals surface area contributed by atoms with Crippen molar-refractivity contribution in [1.82, 2.24) is 9.97 Å². The average molecular weight is 350 g/mol. The molecule has 26 heavy (non-hydrogen) atoms. The van der Waals surface area contributed by atoms with Gasteiger partial charge in [0.25, 0.3) is 11.6 Å². The lowest BCUT2D eigenvalue weighted by atomic mass is 10.2. The molecule has 0 bridgehead atoms. The number of nitro groups is 1. The van der Waals surface area contributed by atoms with Crippen LogP contribution in [0.3, 0.4) is 0 Å². The highest BCUT2D eigenvalue weighted by Crippen LogP contribution is 2.21. The molecule has 3 aromatic rings. The molecule has 130 valence electrons. The summed E-state index contributed by atoms with van der Waals surface area (Å²) >= 11 is 0. The highest BCUT2D eigenvalue weighted by atomic mass is 16.6. The van der Waals surface area contributed by atoms with E-state index in [1.165, 1.54) is 24.5 Å². The minimum atomic E-state index is -0.486. The molecule has 0 atom stereocenters. The van der Waals surface area contributed by atoms with E-state index >= 15 is 0 Å². The predicted octanol–water partition coefficient (Wildman–Crippen LogP) is 3.31. The van der Waals surface area contributed by atoms with Gasteiger partial charge in [0.05, 0.1) is 17.6 Å². The van der Waals surface area contributed by atoms with Crippen LogP contribution in [0.15, 0.2) is 60.9 Å². The number of hydrogen-bond donors (Lipinski definition) is 1. The van der Waals surface area contributed by atoms with Gasteiger partial charge in [0.2, 0.25) is 0 Å². The normalized spacial score (nSPS) is 10.2. The maximum absolute atomic E-state index is 12.2. The second kappa shape index (κ2) is 7.39. The minimum Gasteiger partial charge on any atom is -0.497 e. The first-order valence-corrected chi connectivity index (χ1v) is 7.59. The fraction of sp³-hybridized carbons (Fsp3) is 0.0556. The molecule has 0 saturated heterocycles. The number of nitrogens with one attached hydrogen (secondary N) is 1. The first-order chi connectivity index (χ1) is 12.6. The number of nitro benzene ring substituents is 1. The molecule has 0 spiro atoms. The Balaban J connectivity index is 1.75. The van der Waals surface area contributed by atoms with Crippen LogP contribution in [0.2, 0.25) is 0 Å². The fourth-order valence-electron chi connectivity index (χ4n) is 2.23. The molecule has 1 N–H and O–H groups in total. The number of benzene rings is 2. The van der Waals surface area contributed by atoms with E-state index in [-0.39, 0.29) is 17.2 Å². The van der Waals surface area contributed by atoms with Crippen LogP contribution in [0.25, 0.3) is 11.4 Å². The van der Waals surface area contributed by atoms with Crippen molar-refractivity contribution in [3.8, 4) is 17.1 Å². The molecule has 0 aliphatic heterocycles. The molecular weight excluding hydrogens is 336 g/mol. The predicted molar refractivity (Wildman–Crippen MR) is 95.1 cm³/mol. The van der Waals surface area contributed by atoms with E-state index in [1.807, 2.05) is 0 Å². The quantitative estimate of drug-likeness (QED) is 0.559. The second-order valence-corrected chi connectivity index (χ2v) is 5.29. The van der Waals surface area contributed by atoms with Gasteiger partial charge < -0.3 is 10.1 Å². The van der Waals surface area contributed by atoms with Crippen LogP contribution >= 0.6 is 0 Å². The van der Waals surface area contributed by atoms with Crippen molar-refractivity contribution in [2.24, 2.45) is 0 Å². The summed E-state index contributed by atoms with van der Waals surface area (Å²) in [5.74, 6) is 0.628. The van der Waals surface area contributed by atoms with E-state index in [0.717, 1.165) is 0 Å². The zero-order valence-electron chi connectivity index (χ0n) is 13.7. The summed E-state index contributed by atoms with van der Waals surface area (Å²) in [6, 6.07) is 12.9. The third-order valence-corrected chi connectivity index (χ3v) is 3.58. The highest BCUT2D eigenvalue weighted by Gasteiger charge is 2.11. The van der Waals surface area contributed by atoms with Gasteiger partial charge in [-0.05, 0) is 24.3 Å². The molecule has 1 amide bonds. The molecule has 2 aromatic carbocycles. The van der Waals surface area contributed by atoms with Crippen LogP contribution in [0, 0.1) is 10.1 Å². The van der Waals surface area contributed by atoms with E-state index in [0.29, 0.717) is 22.8 Å². The molecule has 0 saturated carbocycles. The molecule has 0 fully saturated rings. The van der Waals surface area contributed by atoms with Crippen molar-refractivity contribution < 1.29 is 14.5 Å². The van der Waals surface area contributed by atoms with Crippen molar-refractivity contribution in [3.05, 3.63) is 76.6 Å². The Morgan fingerprint density at radius 1 is 1.12 bits per heavy atom. The monoisotopic (exact) mass is 350 g/mol. The molecule has 0 unspecified atom stereocenters. The number of hydrogen-bond acceptors (Lipinski definition) is 6. The lowest BCUT2D eigenvalue weighted by Gasteiger charge is -2.06. The number of ether oxygens (including phenoxy) is 1. The van der Waals surface area contributed by atoms with Gasteiger partial charge in [-0.3, -0.25) is 14.9 Å². The number of carbonyl (C=O) groups excluding carboxylic acids is 1. The first kappa shape index (κ1) is 17.0. The van der Waals surface area contributed by atoms with E-state index in [2.05, 4.69) is 15.3 Å². The SMILES string of the molecule is COc1ccc(NC(=O)c2cnc(-c3cccc([N+](=O)[O-])c3)nc2)cc1. The van der Waals surface area contributed by atoms with Crippen molar-refractivity contribution >= 4 is 17.3 Å². The van der Waals surface area contributed by atoms with Gasteiger partial charge in [-0.25, -0.2) is 9.97 Å². The molecule has 8 nitrogen and oxygen atoms in total. The van der Waals surface area contributed by atoms with Gasteiger partial charge in [-0.2, -0.15) is 0 Å². The van der Waals surface area contributed by atoms with E-state index in [4.69, 9.17) is 4.74 Å². The number of amides is 1. The summed E-state index contributed by atoms with van der Waals surface area (Å²) in [6.07, 6.45) is 2.75. The molecular formula is C18H14N4O4. The van der Waals surface area contributed by atoms with Crippen molar-refractivity contribution in [2.45, 2.75) is 0 Å². The third kappa shape index (κ3) is 3.81. The van der Waals surface area contributed by atoms with Crippen LogP contribution in [0.1, 0.15) is 10.4 Å². The average Bonchev–Trinajstić information content (AvgIpc) is 2.68. The Bertz CT molecular complexity index is 940. The van der Waals surface area contributed by atoms with Crippen molar-refractivity contribution in [1.29, 1.82) is 0 Å². The van der Waals surface area contributed by atoms with Gasteiger partial charge in [0.15, 0.2) is 5.82 Å². The van der Waals surface area contributed by atoms with Gasteiger partial charge in [0.1, 0.15) is 5.75 Å². The van der Waals surface area contributed by atoms with Crippen molar-refractivity contribution in [2.75, 3.05) is 12.4 Å². The van der Waals surface area contributed by atoms with Crippen LogP contribution < -0.4 is 10.1 Å². The lowest BCUT2D eigenvalue weighted by molar-refractivity contribution is -0.384. The summed E-state index contributed by atoms with van der Waals surface area (Å²) in [4.78, 5) is 30.9. The first-order valence-electron chi connectivity index (χ1n) is 7.59. The number of methoxy groups -OCH3 is 1. The largest absolute Gasteiger partial charge is 0.497 e. The van der Waals surface area contributed by atoms with Gasteiger partial charge in [-0.1, -0.05) is 12.1 Å². The van der Waals surface area contributed by atoms with E-state index in [1.54, 1.807) is 43.5 Å². The number of aromatic nitrogens is 2. The maximum Gasteiger partial charge on any atom is 0.270 e. The van der Waals surface area contributed by atoms with E-state index < -0.39 is 4.92 Å². The van der Waals surface area contributed by atoms with Gasteiger partial charge in [-0.15, -0.1) is 0 Å².